The quantitative estimate of drug-likeness (QED) is 0.587. The molecular weight excluding hydrogens is 421 g/mol. The molecule has 0 aliphatic carbocycles. The normalized spacial score (nSPS) is 11.2. The average Bonchev–Trinajstić information content (AvgIpc) is 2.73. The zero-order valence-corrected chi connectivity index (χ0v) is 16.4. The average molecular weight is 436 g/mol. The van der Waals surface area contributed by atoms with E-state index in [1.165, 1.54) is 12.4 Å². The van der Waals surface area contributed by atoms with Gasteiger partial charge in [0.25, 0.3) is 5.91 Å². The molecule has 3 aromatic rings. The molecule has 0 aliphatic heterocycles. The highest BCUT2D eigenvalue weighted by molar-refractivity contribution is 7.89. The summed E-state index contributed by atoms with van der Waals surface area (Å²) >= 11 is 5.62. The highest BCUT2D eigenvalue weighted by Gasteiger charge is 2.16. The van der Waals surface area contributed by atoms with Crippen LogP contribution >= 0.6 is 11.6 Å². The van der Waals surface area contributed by atoms with Crippen LogP contribution in [0.5, 0.6) is 0 Å². The summed E-state index contributed by atoms with van der Waals surface area (Å²) in [6, 6.07) is 6.67. The number of carbonyl (C=O) groups is 1. The molecule has 1 amide bonds. The van der Waals surface area contributed by atoms with Crippen LogP contribution in [0.15, 0.2) is 60.0 Å². The van der Waals surface area contributed by atoms with Gasteiger partial charge in [-0.1, -0.05) is 17.7 Å². The van der Waals surface area contributed by atoms with E-state index in [2.05, 4.69) is 25.0 Å². The van der Waals surface area contributed by atoms with Crippen molar-refractivity contribution in [2.24, 2.45) is 0 Å². The van der Waals surface area contributed by atoms with E-state index in [9.17, 15) is 17.6 Å². The number of pyridine rings is 1. The first-order valence-corrected chi connectivity index (χ1v) is 10.1. The summed E-state index contributed by atoms with van der Waals surface area (Å²) in [5, 5.41) is 2.37. The van der Waals surface area contributed by atoms with Crippen molar-refractivity contribution in [3.8, 4) is 0 Å². The Morgan fingerprint density at radius 3 is 2.48 bits per heavy atom. The second-order valence-electron chi connectivity index (χ2n) is 5.86. The Morgan fingerprint density at radius 2 is 1.83 bits per heavy atom. The molecule has 0 spiro atoms. The summed E-state index contributed by atoms with van der Waals surface area (Å²) in [4.78, 5) is 23.8. The molecule has 11 heteroatoms. The van der Waals surface area contributed by atoms with Crippen LogP contribution in [0, 0.1) is 5.82 Å². The molecule has 0 aliphatic rings. The van der Waals surface area contributed by atoms with Crippen LogP contribution in [0.4, 0.5) is 4.39 Å². The van der Waals surface area contributed by atoms with Gasteiger partial charge in [0.05, 0.1) is 9.92 Å². The van der Waals surface area contributed by atoms with E-state index in [1.807, 2.05) is 6.07 Å². The highest BCUT2D eigenvalue weighted by atomic mass is 35.5. The van der Waals surface area contributed by atoms with Gasteiger partial charge in [0.15, 0.2) is 0 Å². The predicted molar refractivity (Wildman–Crippen MR) is 103 cm³/mol. The maximum absolute atomic E-state index is 13.2. The van der Waals surface area contributed by atoms with Gasteiger partial charge in [-0.25, -0.2) is 27.5 Å². The highest BCUT2D eigenvalue weighted by Crippen LogP contribution is 2.19. The Labute approximate surface area is 171 Å². The molecule has 1 aromatic carbocycles. The van der Waals surface area contributed by atoms with Crippen LogP contribution in [0.3, 0.4) is 0 Å². The molecule has 0 unspecified atom stereocenters. The predicted octanol–water partition coefficient (Wildman–Crippen LogP) is 2.07. The van der Waals surface area contributed by atoms with E-state index in [0.717, 1.165) is 23.8 Å². The minimum atomic E-state index is -3.91. The van der Waals surface area contributed by atoms with Crippen molar-refractivity contribution < 1.29 is 17.6 Å². The van der Waals surface area contributed by atoms with Crippen LogP contribution in [0.25, 0.3) is 0 Å². The lowest BCUT2D eigenvalue weighted by atomic mass is 10.3. The summed E-state index contributed by atoms with van der Waals surface area (Å²) in [5.74, 6) is -1.23. The van der Waals surface area contributed by atoms with Gasteiger partial charge in [-0.05, 0) is 29.8 Å². The van der Waals surface area contributed by atoms with Crippen molar-refractivity contribution in [3.05, 3.63) is 82.9 Å². The lowest BCUT2D eigenvalue weighted by Crippen LogP contribution is -2.26. The van der Waals surface area contributed by atoms with E-state index >= 15 is 0 Å². The van der Waals surface area contributed by atoms with Crippen molar-refractivity contribution in [3.63, 3.8) is 0 Å². The number of sulfonamides is 1. The summed E-state index contributed by atoms with van der Waals surface area (Å²) < 4.78 is 40.1. The third-order valence-corrected chi connectivity index (χ3v) is 5.44. The van der Waals surface area contributed by atoms with Gasteiger partial charge in [-0.15, -0.1) is 0 Å². The molecular formula is C18H15ClFN5O3S. The Hall–Kier alpha value is -2.95. The zero-order chi connectivity index (χ0) is 20.9. The molecule has 8 nitrogen and oxygen atoms in total. The van der Waals surface area contributed by atoms with E-state index in [-0.39, 0.29) is 28.8 Å². The number of halogens is 2. The standard InChI is InChI=1S/C18H15ClFN5O3S/c19-15-6-14(3-4-16(15)20)29(27,28)25-11-13-9-22-17(23-10-13)18(26)24-8-12-2-1-5-21-7-12/h1-7,9-10,25H,8,11H2,(H,24,26). The first-order valence-electron chi connectivity index (χ1n) is 8.28. The largest absolute Gasteiger partial charge is 0.345 e. The topological polar surface area (TPSA) is 114 Å². The molecule has 150 valence electrons. The molecule has 0 atom stereocenters. The van der Waals surface area contributed by atoms with Crippen LogP contribution in [-0.2, 0) is 23.1 Å². The van der Waals surface area contributed by atoms with E-state index < -0.39 is 21.7 Å². The van der Waals surface area contributed by atoms with Crippen molar-refractivity contribution in [2.75, 3.05) is 0 Å². The van der Waals surface area contributed by atoms with Crippen LogP contribution in [0.1, 0.15) is 21.7 Å². The smallest absolute Gasteiger partial charge is 0.289 e. The first kappa shape index (κ1) is 20.8. The van der Waals surface area contributed by atoms with Gasteiger partial charge in [0, 0.05) is 43.4 Å². The van der Waals surface area contributed by atoms with Crippen molar-refractivity contribution in [1.29, 1.82) is 0 Å². The summed E-state index contributed by atoms with van der Waals surface area (Å²) in [5.41, 5.74) is 1.26. The van der Waals surface area contributed by atoms with Crippen molar-refractivity contribution in [1.82, 2.24) is 25.0 Å². The summed E-state index contributed by atoms with van der Waals surface area (Å²) in [7, 11) is -3.91. The van der Waals surface area contributed by atoms with Crippen LogP contribution < -0.4 is 10.0 Å². The monoisotopic (exact) mass is 435 g/mol. The minimum absolute atomic E-state index is 0.0502. The van der Waals surface area contributed by atoms with Gasteiger partial charge in [-0.3, -0.25) is 9.78 Å². The Morgan fingerprint density at radius 1 is 1.07 bits per heavy atom. The maximum atomic E-state index is 13.2. The number of benzene rings is 1. The summed E-state index contributed by atoms with van der Waals surface area (Å²) in [6.45, 7) is 0.159. The Balaban J connectivity index is 1.58. The maximum Gasteiger partial charge on any atom is 0.289 e. The van der Waals surface area contributed by atoms with E-state index in [1.54, 1.807) is 18.5 Å². The SMILES string of the molecule is O=C(NCc1cccnc1)c1ncc(CNS(=O)(=O)c2ccc(F)c(Cl)c2)cn1. The van der Waals surface area contributed by atoms with Gasteiger partial charge in [0.2, 0.25) is 15.8 Å². The Kier molecular flexibility index (Phi) is 6.47. The van der Waals surface area contributed by atoms with E-state index in [4.69, 9.17) is 11.6 Å². The fourth-order valence-corrected chi connectivity index (χ4v) is 3.52. The number of amides is 1. The van der Waals surface area contributed by atoms with Crippen molar-refractivity contribution >= 4 is 27.5 Å². The molecule has 0 fully saturated rings. The number of nitrogens with one attached hydrogen (secondary N) is 2. The third kappa shape index (κ3) is 5.53. The van der Waals surface area contributed by atoms with Gasteiger partial charge >= 0.3 is 0 Å². The minimum Gasteiger partial charge on any atom is -0.345 e. The first-order chi connectivity index (χ1) is 13.8. The summed E-state index contributed by atoms with van der Waals surface area (Å²) in [6.07, 6.45) is 5.94. The number of hydrogen-bond donors (Lipinski definition) is 2. The molecule has 29 heavy (non-hydrogen) atoms. The third-order valence-electron chi connectivity index (χ3n) is 3.75. The molecule has 2 heterocycles. The van der Waals surface area contributed by atoms with Crippen LogP contribution in [-0.4, -0.2) is 29.3 Å². The lowest BCUT2D eigenvalue weighted by Gasteiger charge is -2.08. The molecule has 0 saturated heterocycles. The van der Waals surface area contributed by atoms with Crippen LogP contribution in [0.2, 0.25) is 5.02 Å². The molecule has 0 saturated carbocycles. The van der Waals surface area contributed by atoms with Gasteiger partial charge in [0.1, 0.15) is 5.82 Å². The molecule has 2 N–H and O–H groups in total. The molecule has 3 rings (SSSR count). The zero-order valence-electron chi connectivity index (χ0n) is 14.8. The number of hydrogen-bond acceptors (Lipinski definition) is 6. The number of rotatable bonds is 7. The lowest BCUT2D eigenvalue weighted by molar-refractivity contribution is 0.0940. The second kappa shape index (κ2) is 9.03. The van der Waals surface area contributed by atoms with Gasteiger partial charge < -0.3 is 5.32 Å². The van der Waals surface area contributed by atoms with Crippen molar-refractivity contribution in [2.45, 2.75) is 18.0 Å². The van der Waals surface area contributed by atoms with E-state index in [0.29, 0.717) is 5.56 Å². The number of aromatic nitrogens is 3. The Bertz CT molecular complexity index is 1110. The molecule has 0 bridgehead atoms. The number of nitrogens with zero attached hydrogens (tertiary/aromatic N) is 3. The fraction of sp³-hybridized carbons (Fsp3) is 0.111. The number of carbonyl (C=O) groups excluding carboxylic acids is 1. The van der Waals surface area contributed by atoms with Gasteiger partial charge in [-0.2, -0.15) is 0 Å². The molecule has 2 aromatic heterocycles. The fourth-order valence-electron chi connectivity index (χ4n) is 2.23. The molecule has 0 radical (unpaired) electrons. The second-order valence-corrected chi connectivity index (χ2v) is 8.03.